The summed E-state index contributed by atoms with van der Waals surface area (Å²) in [7, 11) is -4.30. The molecule has 1 saturated heterocycles. The Morgan fingerprint density at radius 3 is 2.26 bits per heavy atom. The number of likely N-dealkylation sites (tertiary alicyclic amines) is 1. The maximum absolute atomic E-state index is 13.4. The molecule has 1 aliphatic rings. The number of halogens is 4. The zero-order valence-electron chi connectivity index (χ0n) is 16.8. The summed E-state index contributed by atoms with van der Waals surface area (Å²) in [4.78, 5) is 14.3. The molecule has 1 amide bonds. The van der Waals surface area contributed by atoms with Gasteiger partial charge in [0.2, 0.25) is 5.91 Å². The standard InChI is InChI=1S/C21H22ClF3N2O3S/c1-15-5-8-17(9-6-15)31(29,30)27(14-20(28)26-11-3-2-4-12-26)16-7-10-19(22)18(13-16)21(23,24)25/h5-10,13H,2-4,11-12,14H2,1H3. The van der Waals surface area contributed by atoms with Gasteiger partial charge in [0.05, 0.1) is 21.2 Å². The van der Waals surface area contributed by atoms with Crippen LogP contribution in [-0.2, 0) is 21.0 Å². The van der Waals surface area contributed by atoms with Gasteiger partial charge in [-0.1, -0.05) is 29.3 Å². The van der Waals surface area contributed by atoms with E-state index in [-0.39, 0.29) is 10.6 Å². The SMILES string of the molecule is Cc1ccc(S(=O)(=O)N(CC(=O)N2CCCCC2)c2ccc(Cl)c(C(F)(F)F)c2)cc1. The molecule has 0 saturated carbocycles. The molecule has 0 radical (unpaired) electrons. The van der Waals surface area contributed by atoms with Gasteiger partial charge in [0.25, 0.3) is 10.0 Å². The van der Waals surface area contributed by atoms with Crippen molar-refractivity contribution >= 4 is 33.2 Å². The van der Waals surface area contributed by atoms with Gasteiger partial charge in [-0.25, -0.2) is 8.42 Å². The third kappa shape index (κ3) is 5.33. The van der Waals surface area contributed by atoms with E-state index in [0.29, 0.717) is 19.2 Å². The van der Waals surface area contributed by atoms with Crippen LogP contribution in [-0.4, -0.2) is 38.9 Å². The van der Waals surface area contributed by atoms with Gasteiger partial charge in [-0.2, -0.15) is 13.2 Å². The van der Waals surface area contributed by atoms with Crippen molar-refractivity contribution in [1.82, 2.24) is 4.90 Å². The fourth-order valence-electron chi connectivity index (χ4n) is 3.40. The monoisotopic (exact) mass is 474 g/mol. The Balaban J connectivity index is 2.06. The van der Waals surface area contributed by atoms with Crippen molar-refractivity contribution < 1.29 is 26.4 Å². The fourth-order valence-corrected chi connectivity index (χ4v) is 5.03. The predicted molar refractivity (Wildman–Crippen MR) is 113 cm³/mol. The molecule has 0 aliphatic carbocycles. The normalized spacial score (nSPS) is 15.1. The zero-order valence-corrected chi connectivity index (χ0v) is 18.4. The van der Waals surface area contributed by atoms with E-state index in [9.17, 15) is 26.4 Å². The van der Waals surface area contributed by atoms with Gasteiger partial charge < -0.3 is 4.90 Å². The molecule has 10 heteroatoms. The van der Waals surface area contributed by atoms with Crippen molar-refractivity contribution in [2.45, 2.75) is 37.3 Å². The van der Waals surface area contributed by atoms with Gasteiger partial charge >= 0.3 is 6.18 Å². The van der Waals surface area contributed by atoms with E-state index in [1.165, 1.54) is 18.2 Å². The van der Waals surface area contributed by atoms with Gasteiger partial charge in [0.15, 0.2) is 0 Å². The predicted octanol–water partition coefficient (Wildman–Crippen LogP) is 4.88. The average molecular weight is 475 g/mol. The molecular weight excluding hydrogens is 453 g/mol. The molecule has 2 aromatic rings. The third-order valence-corrected chi connectivity index (χ3v) is 7.26. The molecule has 5 nitrogen and oxygen atoms in total. The molecular formula is C21H22ClF3N2O3S. The van der Waals surface area contributed by atoms with Crippen LogP contribution in [0, 0.1) is 6.92 Å². The summed E-state index contributed by atoms with van der Waals surface area (Å²) in [5, 5.41) is -0.550. The lowest BCUT2D eigenvalue weighted by Gasteiger charge is -2.31. The maximum Gasteiger partial charge on any atom is 0.417 e. The number of carbonyl (C=O) groups is 1. The third-order valence-electron chi connectivity index (χ3n) is 5.14. The Morgan fingerprint density at radius 2 is 1.68 bits per heavy atom. The summed E-state index contributed by atoms with van der Waals surface area (Å²) in [6, 6.07) is 8.72. The molecule has 0 spiro atoms. The minimum Gasteiger partial charge on any atom is -0.341 e. The average Bonchev–Trinajstić information content (AvgIpc) is 2.72. The van der Waals surface area contributed by atoms with E-state index >= 15 is 0 Å². The largest absolute Gasteiger partial charge is 0.417 e. The highest BCUT2D eigenvalue weighted by Crippen LogP contribution is 2.38. The summed E-state index contributed by atoms with van der Waals surface area (Å²) in [6.07, 6.45) is -2.20. The first-order chi connectivity index (χ1) is 14.5. The molecule has 1 aliphatic heterocycles. The Bertz CT molecular complexity index is 1050. The first-order valence-corrected chi connectivity index (χ1v) is 11.6. The number of hydrogen-bond donors (Lipinski definition) is 0. The topological polar surface area (TPSA) is 57.7 Å². The molecule has 31 heavy (non-hydrogen) atoms. The second-order valence-electron chi connectivity index (χ2n) is 7.43. The number of aryl methyl sites for hydroxylation is 1. The molecule has 0 bridgehead atoms. The van der Waals surface area contributed by atoms with Crippen LogP contribution in [0.4, 0.5) is 18.9 Å². The Hall–Kier alpha value is -2.26. The van der Waals surface area contributed by atoms with Crippen LogP contribution in [0.1, 0.15) is 30.4 Å². The van der Waals surface area contributed by atoms with Crippen molar-refractivity contribution in [1.29, 1.82) is 0 Å². The van der Waals surface area contributed by atoms with Gasteiger partial charge in [0, 0.05) is 13.1 Å². The van der Waals surface area contributed by atoms with Crippen LogP contribution in [0.15, 0.2) is 47.4 Å². The van der Waals surface area contributed by atoms with Gasteiger partial charge in [-0.3, -0.25) is 9.10 Å². The molecule has 2 aromatic carbocycles. The van der Waals surface area contributed by atoms with E-state index in [2.05, 4.69) is 0 Å². The maximum atomic E-state index is 13.4. The molecule has 0 aromatic heterocycles. The summed E-state index contributed by atoms with van der Waals surface area (Å²) >= 11 is 5.70. The molecule has 0 N–H and O–H groups in total. The van der Waals surface area contributed by atoms with Crippen LogP contribution in [0.25, 0.3) is 0 Å². The highest BCUT2D eigenvalue weighted by atomic mass is 35.5. The molecule has 0 unspecified atom stereocenters. The van der Waals surface area contributed by atoms with Crippen LogP contribution < -0.4 is 4.31 Å². The second kappa shape index (κ2) is 9.08. The minimum atomic E-state index is -4.77. The molecule has 1 fully saturated rings. The van der Waals surface area contributed by atoms with Crippen LogP contribution in [0.3, 0.4) is 0 Å². The van der Waals surface area contributed by atoms with Crippen molar-refractivity contribution in [3.63, 3.8) is 0 Å². The van der Waals surface area contributed by atoms with Crippen molar-refractivity contribution in [3.05, 3.63) is 58.6 Å². The Morgan fingerprint density at radius 1 is 1.06 bits per heavy atom. The zero-order chi connectivity index (χ0) is 22.8. The van der Waals surface area contributed by atoms with Crippen LogP contribution in [0.2, 0.25) is 5.02 Å². The van der Waals surface area contributed by atoms with Crippen LogP contribution >= 0.6 is 11.6 Å². The second-order valence-corrected chi connectivity index (χ2v) is 9.70. The smallest absolute Gasteiger partial charge is 0.341 e. The Labute approximate surface area is 184 Å². The highest BCUT2D eigenvalue weighted by Gasteiger charge is 2.36. The number of amides is 1. The number of carbonyl (C=O) groups excluding carboxylic acids is 1. The number of anilines is 1. The first-order valence-electron chi connectivity index (χ1n) is 9.74. The number of piperidine rings is 1. The number of benzene rings is 2. The number of rotatable bonds is 5. The summed E-state index contributed by atoms with van der Waals surface area (Å²) < 4.78 is 67.6. The summed E-state index contributed by atoms with van der Waals surface area (Å²) in [6.45, 7) is 2.16. The number of alkyl halides is 3. The Kier molecular flexibility index (Phi) is 6.85. The number of hydrogen-bond acceptors (Lipinski definition) is 3. The highest BCUT2D eigenvalue weighted by molar-refractivity contribution is 7.92. The van der Waals surface area contributed by atoms with E-state index in [1.54, 1.807) is 24.0 Å². The lowest BCUT2D eigenvalue weighted by Crippen LogP contribution is -2.44. The quantitative estimate of drug-likeness (QED) is 0.621. The fraction of sp³-hybridized carbons (Fsp3) is 0.381. The first kappa shape index (κ1) is 23.4. The number of nitrogens with zero attached hydrogens (tertiary/aromatic N) is 2. The molecule has 168 valence electrons. The lowest BCUT2D eigenvalue weighted by molar-refractivity contribution is -0.137. The van der Waals surface area contributed by atoms with E-state index in [1.807, 2.05) is 0 Å². The minimum absolute atomic E-state index is 0.118. The van der Waals surface area contributed by atoms with E-state index in [0.717, 1.165) is 35.2 Å². The lowest BCUT2D eigenvalue weighted by atomic mass is 10.1. The van der Waals surface area contributed by atoms with Crippen LogP contribution in [0.5, 0.6) is 0 Å². The summed E-state index contributed by atoms with van der Waals surface area (Å²) in [5.41, 5.74) is -0.621. The van der Waals surface area contributed by atoms with Crippen molar-refractivity contribution in [2.24, 2.45) is 0 Å². The van der Waals surface area contributed by atoms with Gasteiger partial charge in [0.1, 0.15) is 6.54 Å². The molecule has 3 rings (SSSR count). The molecule has 0 atom stereocenters. The van der Waals surface area contributed by atoms with E-state index < -0.39 is 39.2 Å². The van der Waals surface area contributed by atoms with Gasteiger partial charge in [-0.05, 0) is 56.5 Å². The van der Waals surface area contributed by atoms with Crippen molar-refractivity contribution in [2.75, 3.05) is 23.9 Å². The summed E-state index contributed by atoms with van der Waals surface area (Å²) in [5.74, 6) is -0.459. The van der Waals surface area contributed by atoms with E-state index in [4.69, 9.17) is 11.6 Å². The number of sulfonamides is 1. The van der Waals surface area contributed by atoms with Crippen molar-refractivity contribution in [3.8, 4) is 0 Å². The molecule has 1 heterocycles. The van der Waals surface area contributed by atoms with Gasteiger partial charge in [-0.15, -0.1) is 0 Å².